The molecule has 2 aromatic carbocycles. The highest BCUT2D eigenvalue weighted by molar-refractivity contribution is 5.41. The molecule has 1 aliphatic rings. The molecule has 1 aliphatic carbocycles. The third-order valence-corrected chi connectivity index (χ3v) is 3.87. The van der Waals surface area contributed by atoms with Crippen LogP contribution in [-0.2, 0) is 19.3 Å². The van der Waals surface area contributed by atoms with E-state index < -0.39 is 0 Å². The molecule has 0 atom stereocenters. The summed E-state index contributed by atoms with van der Waals surface area (Å²) < 4.78 is 5.49. The van der Waals surface area contributed by atoms with Gasteiger partial charge in [0.2, 0.25) is 0 Å². The number of fused-ring (bicyclic) bond motifs is 1. The van der Waals surface area contributed by atoms with E-state index >= 15 is 0 Å². The zero-order valence-electron chi connectivity index (χ0n) is 11.5. The maximum atomic E-state index is 5.49. The van der Waals surface area contributed by atoms with Gasteiger partial charge in [-0.25, -0.2) is 0 Å². The Morgan fingerprint density at radius 1 is 1.00 bits per heavy atom. The van der Waals surface area contributed by atoms with Gasteiger partial charge in [-0.05, 0) is 67.0 Å². The molecule has 3 rings (SSSR count). The summed E-state index contributed by atoms with van der Waals surface area (Å²) >= 11 is 0. The Bertz CT molecular complexity index is 554. The summed E-state index contributed by atoms with van der Waals surface area (Å²) in [5, 5.41) is 0. The van der Waals surface area contributed by atoms with Crippen molar-refractivity contribution in [1.29, 1.82) is 0 Å². The van der Waals surface area contributed by atoms with Gasteiger partial charge in [0.25, 0.3) is 0 Å². The minimum Gasteiger partial charge on any atom is -0.494 e. The molecule has 0 aromatic heterocycles. The predicted molar refractivity (Wildman–Crippen MR) is 78.9 cm³/mol. The van der Waals surface area contributed by atoms with Crippen molar-refractivity contribution >= 4 is 0 Å². The lowest BCUT2D eigenvalue weighted by Gasteiger charge is -2.09. The van der Waals surface area contributed by atoms with Crippen LogP contribution in [0.2, 0.25) is 0 Å². The number of benzene rings is 2. The highest BCUT2D eigenvalue weighted by atomic mass is 16.5. The van der Waals surface area contributed by atoms with Crippen molar-refractivity contribution in [1.82, 2.24) is 0 Å². The van der Waals surface area contributed by atoms with E-state index in [0.29, 0.717) is 0 Å². The molecule has 98 valence electrons. The second kappa shape index (κ2) is 5.48. The Kier molecular flexibility index (Phi) is 3.54. The molecule has 19 heavy (non-hydrogen) atoms. The van der Waals surface area contributed by atoms with Gasteiger partial charge in [-0.15, -0.1) is 0 Å². The Labute approximate surface area is 115 Å². The number of aryl methyl sites for hydroxylation is 1. The molecule has 0 saturated carbocycles. The first-order valence-electron chi connectivity index (χ1n) is 7.18. The molecule has 0 spiro atoms. The summed E-state index contributed by atoms with van der Waals surface area (Å²) in [6.45, 7) is 2.74. The van der Waals surface area contributed by atoms with E-state index in [1.165, 1.54) is 30.4 Å². The lowest BCUT2D eigenvalue weighted by molar-refractivity contribution is 0.340. The summed E-state index contributed by atoms with van der Waals surface area (Å²) in [6, 6.07) is 15.3. The van der Waals surface area contributed by atoms with Crippen LogP contribution in [0, 0.1) is 0 Å². The van der Waals surface area contributed by atoms with Gasteiger partial charge in [0.05, 0.1) is 6.61 Å². The van der Waals surface area contributed by atoms with Gasteiger partial charge in [0.15, 0.2) is 0 Å². The van der Waals surface area contributed by atoms with Gasteiger partial charge in [0, 0.05) is 0 Å². The molecule has 0 amide bonds. The Balaban J connectivity index is 1.80. The lowest BCUT2D eigenvalue weighted by atomic mass is 9.97. The quantitative estimate of drug-likeness (QED) is 0.793. The number of hydrogen-bond acceptors (Lipinski definition) is 1. The van der Waals surface area contributed by atoms with Crippen LogP contribution in [0.5, 0.6) is 5.75 Å². The largest absolute Gasteiger partial charge is 0.494 e. The number of rotatable bonds is 4. The van der Waals surface area contributed by atoms with E-state index in [2.05, 4.69) is 42.5 Å². The van der Waals surface area contributed by atoms with Crippen LogP contribution in [0.1, 0.15) is 35.6 Å². The molecule has 2 aromatic rings. The average Bonchev–Trinajstić information content (AvgIpc) is 2.91. The molecule has 0 N–H and O–H groups in total. The van der Waals surface area contributed by atoms with Crippen molar-refractivity contribution in [3.63, 3.8) is 0 Å². The van der Waals surface area contributed by atoms with Crippen molar-refractivity contribution in [3.05, 3.63) is 64.7 Å². The molecule has 0 heterocycles. The fraction of sp³-hybridized carbons (Fsp3) is 0.333. The van der Waals surface area contributed by atoms with Gasteiger partial charge in [-0.2, -0.15) is 0 Å². The monoisotopic (exact) mass is 252 g/mol. The first-order valence-corrected chi connectivity index (χ1v) is 7.18. The third-order valence-electron chi connectivity index (χ3n) is 3.87. The van der Waals surface area contributed by atoms with Crippen LogP contribution < -0.4 is 4.74 Å². The van der Waals surface area contributed by atoms with Gasteiger partial charge < -0.3 is 4.74 Å². The molecular weight excluding hydrogens is 232 g/mol. The minimum absolute atomic E-state index is 0.728. The van der Waals surface area contributed by atoms with Gasteiger partial charge in [-0.1, -0.05) is 30.3 Å². The molecule has 0 saturated heterocycles. The first-order chi connectivity index (χ1) is 9.36. The summed E-state index contributed by atoms with van der Waals surface area (Å²) in [7, 11) is 0. The van der Waals surface area contributed by atoms with Crippen molar-refractivity contribution in [2.75, 3.05) is 6.61 Å². The third kappa shape index (κ3) is 2.65. The predicted octanol–water partition coefficient (Wildman–Crippen LogP) is 4.16. The molecule has 1 nitrogen and oxygen atoms in total. The van der Waals surface area contributed by atoms with E-state index in [1.807, 2.05) is 6.92 Å². The highest BCUT2D eigenvalue weighted by Crippen LogP contribution is 2.27. The average molecular weight is 252 g/mol. The fourth-order valence-electron chi connectivity index (χ4n) is 2.95. The zero-order valence-corrected chi connectivity index (χ0v) is 11.5. The first kappa shape index (κ1) is 12.3. The standard InChI is InChI=1S/C18H20O/c1-2-19-17-11-9-14(10-12-17)13-16-7-3-5-15-6-4-8-18(15)16/h3,5,7,9-12H,2,4,6,8,13H2,1H3. The van der Waals surface area contributed by atoms with Crippen molar-refractivity contribution in [3.8, 4) is 5.75 Å². The smallest absolute Gasteiger partial charge is 0.119 e. The fourth-order valence-corrected chi connectivity index (χ4v) is 2.95. The second-order valence-electron chi connectivity index (χ2n) is 5.16. The van der Waals surface area contributed by atoms with E-state index in [4.69, 9.17) is 4.74 Å². The Morgan fingerprint density at radius 2 is 1.84 bits per heavy atom. The molecular formula is C18H20O. The SMILES string of the molecule is CCOc1ccc(Cc2cccc3c2CCC3)cc1. The van der Waals surface area contributed by atoms with Crippen LogP contribution in [-0.4, -0.2) is 6.61 Å². The summed E-state index contributed by atoms with van der Waals surface area (Å²) in [5.74, 6) is 0.963. The van der Waals surface area contributed by atoms with Crippen LogP contribution in [0.25, 0.3) is 0 Å². The van der Waals surface area contributed by atoms with Gasteiger partial charge in [0.1, 0.15) is 5.75 Å². The Hall–Kier alpha value is -1.76. The summed E-state index contributed by atoms with van der Waals surface area (Å²) in [5.41, 5.74) is 6.02. The minimum atomic E-state index is 0.728. The zero-order chi connectivity index (χ0) is 13.1. The Morgan fingerprint density at radius 3 is 2.63 bits per heavy atom. The van der Waals surface area contributed by atoms with Crippen LogP contribution >= 0.6 is 0 Å². The maximum absolute atomic E-state index is 5.49. The maximum Gasteiger partial charge on any atom is 0.119 e. The van der Waals surface area contributed by atoms with Crippen LogP contribution in [0.3, 0.4) is 0 Å². The van der Waals surface area contributed by atoms with Crippen molar-refractivity contribution in [2.45, 2.75) is 32.6 Å². The van der Waals surface area contributed by atoms with Crippen LogP contribution in [0.4, 0.5) is 0 Å². The molecule has 1 heteroatoms. The highest BCUT2D eigenvalue weighted by Gasteiger charge is 2.14. The molecule has 0 unspecified atom stereocenters. The normalized spacial score (nSPS) is 13.3. The summed E-state index contributed by atoms with van der Waals surface area (Å²) in [6.07, 6.45) is 4.86. The second-order valence-corrected chi connectivity index (χ2v) is 5.16. The topological polar surface area (TPSA) is 9.23 Å². The molecule has 0 aliphatic heterocycles. The number of ether oxygens (including phenoxy) is 1. The van der Waals surface area contributed by atoms with E-state index in [1.54, 1.807) is 11.1 Å². The van der Waals surface area contributed by atoms with E-state index in [0.717, 1.165) is 18.8 Å². The van der Waals surface area contributed by atoms with Gasteiger partial charge in [-0.3, -0.25) is 0 Å². The van der Waals surface area contributed by atoms with Gasteiger partial charge >= 0.3 is 0 Å². The molecule has 0 bridgehead atoms. The van der Waals surface area contributed by atoms with E-state index in [9.17, 15) is 0 Å². The lowest BCUT2D eigenvalue weighted by Crippen LogP contribution is -1.96. The molecule has 0 radical (unpaired) electrons. The van der Waals surface area contributed by atoms with Crippen molar-refractivity contribution < 1.29 is 4.74 Å². The number of hydrogen-bond donors (Lipinski definition) is 0. The van der Waals surface area contributed by atoms with E-state index in [-0.39, 0.29) is 0 Å². The summed E-state index contributed by atoms with van der Waals surface area (Å²) in [4.78, 5) is 0. The van der Waals surface area contributed by atoms with Crippen LogP contribution in [0.15, 0.2) is 42.5 Å². The van der Waals surface area contributed by atoms with Crippen molar-refractivity contribution in [2.24, 2.45) is 0 Å². The molecule has 0 fully saturated rings.